The molecule has 3 heterocycles. The average molecular weight is 463 g/mol. The quantitative estimate of drug-likeness (QED) is 0.417. The molecular weight excluding hydrogens is 432 g/mol. The summed E-state index contributed by atoms with van der Waals surface area (Å²) in [5.41, 5.74) is 2.04. The molecule has 6 nitrogen and oxygen atoms in total. The molecule has 1 saturated heterocycles. The maximum atomic E-state index is 10.9. The normalized spacial score (nSPS) is 27.8. The van der Waals surface area contributed by atoms with Crippen molar-refractivity contribution < 1.29 is 10.2 Å². The Balaban J connectivity index is 0.938. The van der Waals surface area contributed by atoms with E-state index in [2.05, 4.69) is 46.2 Å². The van der Waals surface area contributed by atoms with Crippen LogP contribution < -0.4 is 4.90 Å². The van der Waals surface area contributed by atoms with Gasteiger partial charge in [0.15, 0.2) is 11.8 Å². The molecule has 0 amide bonds. The molecule has 1 saturated carbocycles. The summed E-state index contributed by atoms with van der Waals surface area (Å²) in [5.74, 6) is 3.78. The van der Waals surface area contributed by atoms with Crippen LogP contribution in [0.2, 0.25) is 0 Å². The predicted molar refractivity (Wildman–Crippen MR) is 131 cm³/mol. The molecule has 2 N–H and O–H groups in total. The van der Waals surface area contributed by atoms with Gasteiger partial charge in [0.2, 0.25) is 0 Å². The summed E-state index contributed by atoms with van der Waals surface area (Å²) in [5, 5.41) is 23.1. The summed E-state index contributed by atoms with van der Waals surface area (Å²) in [6.07, 6.45) is 7.79. The zero-order valence-corrected chi connectivity index (χ0v) is 19.5. The van der Waals surface area contributed by atoms with E-state index >= 15 is 0 Å². The first kappa shape index (κ1) is 19.9. The number of benzene rings is 1. The predicted octanol–water partition coefficient (Wildman–Crippen LogP) is 4.50. The monoisotopic (exact) mass is 462 g/mol. The number of aromatic nitrogens is 2. The number of unbranched alkanes of at least 4 members (excludes halogenated alkanes) is 1. The zero-order valence-electron chi connectivity index (χ0n) is 18.7. The molecular formula is C26H30N4O2S. The minimum absolute atomic E-state index is 0.313. The van der Waals surface area contributed by atoms with Crippen LogP contribution in [0.4, 0.5) is 5.82 Å². The number of piperazine rings is 1. The van der Waals surface area contributed by atoms with Gasteiger partial charge in [0, 0.05) is 61.1 Å². The van der Waals surface area contributed by atoms with E-state index in [0.29, 0.717) is 42.0 Å². The van der Waals surface area contributed by atoms with Crippen molar-refractivity contribution in [2.45, 2.75) is 37.6 Å². The largest absolute Gasteiger partial charge is 0.494 e. The van der Waals surface area contributed by atoms with Gasteiger partial charge in [0.1, 0.15) is 5.82 Å². The molecule has 1 aromatic carbocycles. The number of anilines is 1. The second kappa shape index (κ2) is 7.50. The molecule has 4 atom stereocenters. The third kappa shape index (κ3) is 3.05. The Hall–Kier alpha value is -2.51. The van der Waals surface area contributed by atoms with Crippen molar-refractivity contribution in [3.63, 3.8) is 0 Å². The van der Waals surface area contributed by atoms with Crippen LogP contribution in [-0.4, -0.2) is 56.8 Å². The Bertz CT molecular complexity index is 1200. The molecule has 2 fully saturated rings. The molecule has 172 valence electrons. The smallest absolute Gasteiger partial charge is 0.198 e. The first-order valence-corrected chi connectivity index (χ1v) is 13.1. The van der Waals surface area contributed by atoms with Crippen molar-refractivity contribution in [3.05, 3.63) is 47.5 Å². The standard InChI is InChI=1S/C26H30N4O2S/c31-25-22-16-7-8-17(20-15-19(16)20)23(22)26(32)30(25)10-4-3-9-28-11-13-29(14-12-28)24-18-5-1-2-6-21(18)33-27-24/h1-2,5-8,16-17,19-20,31-32H,3-4,9-15H2. The molecule has 33 heavy (non-hydrogen) atoms. The van der Waals surface area contributed by atoms with Crippen LogP contribution in [0.5, 0.6) is 11.8 Å². The highest BCUT2D eigenvalue weighted by Crippen LogP contribution is 2.67. The second-order valence-electron chi connectivity index (χ2n) is 10.2. The van der Waals surface area contributed by atoms with Crippen molar-refractivity contribution >= 4 is 27.4 Å². The van der Waals surface area contributed by atoms with Gasteiger partial charge in [-0.1, -0.05) is 24.3 Å². The van der Waals surface area contributed by atoms with E-state index in [9.17, 15) is 10.2 Å². The summed E-state index contributed by atoms with van der Waals surface area (Å²) in [4.78, 5) is 4.95. The lowest BCUT2D eigenvalue weighted by molar-refractivity contribution is 0.249. The van der Waals surface area contributed by atoms with Gasteiger partial charge >= 0.3 is 0 Å². The van der Waals surface area contributed by atoms with Crippen molar-refractivity contribution in [1.29, 1.82) is 0 Å². The van der Waals surface area contributed by atoms with Gasteiger partial charge in [-0.3, -0.25) is 9.47 Å². The summed E-state index contributed by atoms with van der Waals surface area (Å²) < 4.78 is 7.74. The van der Waals surface area contributed by atoms with Gasteiger partial charge in [-0.05, 0) is 61.3 Å². The zero-order chi connectivity index (χ0) is 22.1. The molecule has 5 aliphatic rings. The summed E-state index contributed by atoms with van der Waals surface area (Å²) in [7, 11) is 0. The molecule has 2 aromatic heterocycles. The lowest BCUT2D eigenvalue weighted by Crippen LogP contribution is -2.46. The molecule has 4 aliphatic carbocycles. The number of aromatic hydroxyl groups is 2. The number of allylic oxidation sites excluding steroid dienone is 2. The highest BCUT2D eigenvalue weighted by molar-refractivity contribution is 7.13. The van der Waals surface area contributed by atoms with Gasteiger partial charge in [-0.15, -0.1) is 0 Å². The molecule has 8 rings (SSSR count). The molecule has 0 spiro atoms. The van der Waals surface area contributed by atoms with Crippen LogP contribution in [0, 0.1) is 11.8 Å². The summed E-state index contributed by atoms with van der Waals surface area (Å²) in [6, 6.07) is 8.49. The van der Waals surface area contributed by atoms with Crippen molar-refractivity contribution in [2.75, 3.05) is 37.6 Å². The molecule has 1 aliphatic heterocycles. The highest BCUT2D eigenvalue weighted by Gasteiger charge is 2.56. The Morgan fingerprint density at radius 2 is 1.55 bits per heavy atom. The minimum Gasteiger partial charge on any atom is -0.494 e. The molecule has 3 aromatic rings. The van der Waals surface area contributed by atoms with Gasteiger partial charge in [-0.2, -0.15) is 4.37 Å². The molecule has 0 radical (unpaired) electrons. The van der Waals surface area contributed by atoms with Crippen LogP contribution in [-0.2, 0) is 6.54 Å². The first-order valence-electron chi connectivity index (χ1n) is 12.3. The maximum Gasteiger partial charge on any atom is 0.198 e. The summed E-state index contributed by atoms with van der Waals surface area (Å²) >= 11 is 1.59. The van der Waals surface area contributed by atoms with E-state index in [0.717, 1.165) is 62.5 Å². The number of hydrogen-bond acceptors (Lipinski definition) is 6. The minimum atomic E-state index is 0.313. The van der Waals surface area contributed by atoms with Crippen molar-refractivity contribution in [1.82, 2.24) is 13.8 Å². The number of hydrogen-bond donors (Lipinski definition) is 2. The van der Waals surface area contributed by atoms with Crippen LogP contribution in [0.3, 0.4) is 0 Å². The topological polar surface area (TPSA) is 64.8 Å². The Morgan fingerprint density at radius 1 is 0.879 bits per heavy atom. The SMILES string of the molecule is Oc1c2c(c(O)n1CCCCN1CCN(c3nsc4ccccc34)CC1)C1C=CC2C2CC12. The Labute approximate surface area is 197 Å². The van der Waals surface area contributed by atoms with Gasteiger partial charge in [0.05, 0.1) is 4.70 Å². The van der Waals surface area contributed by atoms with Crippen LogP contribution in [0.15, 0.2) is 36.4 Å². The fourth-order valence-corrected chi connectivity index (χ4v) is 7.39. The fraction of sp³-hybridized carbons (Fsp3) is 0.500. The van der Waals surface area contributed by atoms with E-state index in [4.69, 9.17) is 4.37 Å². The van der Waals surface area contributed by atoms with Gasteiger partial charge in [-0.25, -0.2) is 0 Å². The van der Waals surface area contributed by atoms with E-state index in [1.54, 1.807) is 16.1 Å². The number of fused-ring (bicyclic) bond motifs is 1. The Kier molecular flexibility index (Phi) is 4.53. The van der Waals surface area contributed by atoms with Crippen molar-refractivity contribution in [2.24, 2.45) is 11.8 Å². The van der Waals surface area contributed by atoms with Crippen molar-refractivity contribution in [3.8, 4) is 11.8 Å². The lowest BCUT2D eigenvalue weighted by atomic mass is 9.73. The van der Waals surface area contributed by atoms with Crippen LogP contribution >= 0.6 is 11.5 Å². The third-order valence-electron chi connectivity index (χ3n) is 8.43. The molecule has 7 heteroatoms. The Morgan fingerprint density at radius 3 is 2.27 bits per heavy atom. The lowest BCUT2D eigenvalue weighted by Gasteiger charge is -2.35. The maximum absolute atomic E-state index is 10.9. The molecule has 2 bridgehead atoms. The van der Waals surface area contributed by atoms with E-state index in [1.165, 1.54) is 16.5 Å². The summed E-state index contributed by atoms with van der Waals surface area (Å²) in [6.45, 7) is 5.88. The van der Waals surface area contributed by atoms with E-state index in [-0.39, 0.29) is 0 Å². The average Bonchev–Trinajstić information content (AvgIpc) is 3.51. The highest BCUT2D eigenvalue weighted by atomic mass is 32.1. The third-order valence-corrected chi connectivity index (χ3v) is 9.24. The second-order valence-corrected chi connectivity index (χ2v) is 11.0. The van der Waals surface area contributed by atoms with E-state index < -0.39 is 0 Å². The van der Waals surface area contributed by atoms with Gasteiger partial charge < -0.3 is 15.1 Å². The van der Waals surface area contributed by atoms with Crippen LogP contribution in [0.25, 0.3) is 10.1 Å². The van der Waals surface area contributed by atoms with E-state index in [1.807, 2.05) is 0 Å². The molecule has 4 unspecified atom stereocenters. The number of nitrogens with zero attached hydrogens (tertiary/aromatic N) is 4. The fourth-order valence-electron chi connectivity index (χ4n) is 6.60. The number of rotatable bonds is 6. The van der Waals surface area contributed by atoms with Crippen LogP contribution in [0.1, 0.15) is 42.2 Å². The van der Waals surface area contributed by atoms with Gasteiger partial charge in [0.25, 0.3) is 0 Å². The first-order chi connectivity index (χ1) is 16.2.